The van der Waals surface area contributed by atoms with Crippen LogP contribution in [0.3, 0.4) is 0 Å². The molecule has 0 amide bonds. The van der Waals surface area contributed by atoms with Crippen molar-refractivity contribution in [2.24, 2.45) is 4.99 Å². The lowest BCUT2D eigenvalue weighted by molar-refractivity contribution is 0.113. The number of benzene rings is 1. The van der Waals surface area contributed by atoms with Crippen molar-refractivity contribution in [1.29, 1.82) is 0 Å². The quantitative estimate of drug-likeness (QED) is 0.596. The molecule has 0 spiro atoms. The Morgan fingerprint density at radius 2 is 2.08 bits per heavy atom. The average molecular weight is 331 g/mol. The van der Waals surface area contributed by atoms with Crippen LogP contribution in [0, 0.1) is 0 Å². The van der Waals surface area contributed by atoms with Gasteiger partial charge in [-0.3, -0.25) is 0 Å². The standard InChI is InChI=1S/C19H29N3O2/c1-2-20-19(22-14-17-10-6-12-23-17)21-13-15-7-3-4-11-18(15)24-16-8-5-9-16/h3-4,7,11,16-17H,2,5-6,8-10,12-14H2,1H3,(H2,20,21,22). The molecule has 24 heavy (non-hydrogen) atoms. The molecule has 2 N–H and O–H groups in total. The smallest absolute Gasteiger partial charge is 0.191 e. The summed E-state index contributed by atoms with van der Waals surface area (Å²) < 4.78 is 11.7. The lowest BCUT2D eigenvalue weighted by Crippen LogP contribution is -2.41. The summed E-state index contributed by atoms with van der Waals surface area (Å²) in [5.41, 5.74) is 1.14. The summed E-state index contributed by atoms with van der Waals surface area (Å²) >= 11 is 0. The molecule has 1 aliphatic heterocycles. The molecule has 1 aliphatic carbocycles. The summed E-state index contributed by atoms with van der Waals surface area (Å²) in [5.74, 6) is 1.81. The minimum Gasteiger partial charge on any atom is -0.490 e. The van der Waals surface area contributed by atoms with Gasteiger partial charge in [0, 0.05) is 25.3 Å². The molecule has 0 radical (unpaired) electrons. The third-order valence-corrected chi connectivity index (χ3v) is 4.59. The van der Waals surface area contributed by atoms with Crippen LogP contribution >= 0.6 is 0 Å². The lowest BCUT2D eigenvalue weighted by Gasteiger charge is -2.27. The van der Waals surface area contributed by atoms with E-state index in [0.717, 1.165) is 49.8 Å². The zero-order chi connectivity index (χ0) is 16.6. The van der Waals surface area contributed by atoms with Crippen molar-refractivity contribution in [2.45, 2.75) is 57.8 Å². The van der Waals surface area contributed by atoms with E-state index in [0.29, 0.717) is 18.8 Å². The molecule has 3 rings (SSSR count). The number of nitrogens with one attached hydrogen (secondary N) is 2. The van der Waals surface area contributed by atoms with Crippen molar-refractivity contribution >= 4 is 5.96 Å². The predicted molar refractivity (Wildman–Crippen MR) is 96.5 cm³/mol. The molecule has 1 saturated carbocycles. The summed E-state index contributed by atoms with van der Waals surface area (Å²) in [5, 5.41) is 6.69. The van der Waals surface area contributed by atoms with Gasteiger partial charge >= 0.3 is 0 Å². The van der Waals surface area contributed by atoms with Crippen LogP contribution in [0.5, 0.6) is 5.75 Å². The molecule has 5 heteroatoms. The highest BCUT2D eigenvalue weighted by molar-refractivity contribution is 5.79. The molecule has 0 bridgehead atoms. The molecule has 1 aromatic rings. The van der Waals surface area contributed by atoms with Crippen LogP contribution in [0.15, 0.2) is 29.3 Å². The Kier molecular flexibility index (Phi) is 6.35. The number of hydrogen-bond donors (Lipinski definition) is 2. The Balaban J connectivity index is 1.58. The van der Waals surface area contributed by atoms with Gasteiger partial charge in [0.15, 0.2) is 5.96 Å². The molecule has 1 aromatic carbocycles. The maximum atomic E-state index is 6.08. The molecule has 2 fully saturated rings. The first-order chi connectivity index (χ1) is 11.8. The zero-order valence-corrected chi connectivity index (χ0v) is 14.6. The highest BCUT2D eigenvalue weighted by atomic mass is 16.5. The van der Waals surface area contributed by atoms with Crippen LogP contribution in [-0.2, 0) is 11.3 Å². The van der Waals surface area contributed by atoms with E-state index in [4.69, 9.17) is 14.5 Å². The molecular formula is C19H29N3O2. The molecule has 1 atom stereocenters. The van der Waals surface area contributed by atoms with Gasteiger partial charge in [0.1, 0.15) is 5.75 Å². The van der Waals surface area contributed by atoms with Gasteiger partial charge in [-0.25, -0.2) is 4.99 Å². The number of hydrogen-bond acceptors (Lipinski definition) is 3. The van der Waals surface area contributed by atoms with Gasteiger partial charge in [0.2, 0.25) is 0 Å². The van der Waals surface area contributed by atoms with Crippen LogP contribution in [0.4, 0.5) is 0 Å². The topological polar surface area (TPSA) is 54.9 Å². The molecule has 1 unspecified atom stereocenters. The number of guanidine groups is 1. The van der Waals surface area contributed by atoms with Gasteiger partial charge in [0.05, 0.1) is 18.8 Å². The van der Waals surface area contributed by atoms with E-state index in [1.165, 1.54) is 19.3 Å². The Labute approximate surface area is 144 Å². The maximum Gasteiger partial charge on any atom is 0.191 e. The van der Waals surface area contributed by atoms with Gasteiger partial charge < -0.3 is 20.1 Å². The minimum absolute atomic E-state index is 0.308. The van der Waals surface area contributed by atoms with E-state index < -0.39 is 0 Å². The fourth-order valence-corrected chi connectivity index (χ4v) is 2.94. The number of nitrogens with zero attached hydrogens (tertiary/aromatic N) is 1. The van der Waals surface area contributed by atoms with Gasteiger partial charge in [-0.05, 0) is 45.1 Å². The third kappa shape index (κ3) is 4.87. The van der Waals surface area contributed by atoms with Gasteiger partial charge in [-0.2, -0.15) is 0 Å². The van der Waals surface area contributed by atoms with Crippen LogP contribution in [-0.4, -0.2) is 37.9 Å². The normalized spacial score (nSPS) is 21.4. The van der Waals surface area contributed by atoms with Crippen molar-refractivity contribution in [2.75, 3.05) is 19.7 Å². The molecule has 0 aromatic heterocycles. The molecule has 2 aliphatic rings. The van der Waals surface area contributed by atoms with Gasteiger partial charge in [-0.15, -0.1) is 0 Å². The number of aliphatic imine (C=N–C) groups is 1. The molecule has 5 nitrogen and oxygen atoms in total. The average Bonchev–Trinajstić information content (AvgIpc) is 3.08. The number of rotatable bonds is 7. The van der Waals surface area contributed by atoms with E-state index in [2.05, 4.69) is 29.7 Å². The van der Waals surface area contributed by atoms with Crippen LogP contribution in [0.1, 0.15) is 44.6 Å². The highest BCUT2D eigenvalue weighted by Crippen LogP contribution is 2.27. The lowest BCUT2D eigenvalue weighted by atomic mass is 9.96. The minimum atomic E-state index is 0.308. The van der Waals surface area contributed by atoms with Crippen molar-refractivity contribution in [3.05, 3.63) is 29.8 Å². The van der Waals surface area contributed by atoms with Crippen molar-refractivity contribution < 1.29 is 9.47 Å². The molecule has 1 saturated heterocycles. The highest BCUT2D eigenvalue weighted by Gasteiger charge is 2.20. The Morgan fingerprint density at radius 3 is 2.79 bits per heavy atom. The summed E-state index contributed by atoms with van der Waals surface area (Å²) in [6.07, 6.45) is 6.61. The van der Waals surface area contributed by atoms with E-state index in [-0.39, 0.29) is 0 Å². The van der Waals surface area contributed by atoms with Crippen molar-refractivity contribution in [3.63, 3.8) is 0 Å². The Hall–Kier alpha value is -1.75. The van der Waals surface area contributed by atoms with Crippen molar-refractivity contribution in [3.8, 4) is 5.75 Å². The molecular weight excluding hydrogens is 302 g/mol. The SMILES string of the molecule is CCNC(=NCc1ccccc1OC1CCC1)NCC1CCCO1. The summed E-state index contributed by atoms with van der Waals surface area (Å²) in [6, 6.07) is 8.23. The summed E-state index contributed by atoms with van der Waals surface area (Å²) in [7, 11) is 0. The van der Waals surface area contributed by atoms with E-state index >= 15 is 0 Å². The van der Waals surface area contributed by atoms with E-state index in [9.17, 15) is 0 Å². The second-order valence-electron chi connectivity index (χ2n) is 6.49. The van der Waals surface area contributed by atoms with Gasteiger partial charge in [0.25, 0.3) is 0 Å². The van der Waals surface area contributed by atoms with Crippen LogP contribution < -0.4 is 15.4 Å². The van der Waals surface area contributed by atoms with Gasteiger partial charge in [-0.1, -0.05) is 18.2 Å². The monoisotopic (exact) mass is 331 g/mol. The Bertz CT molecular complexity index is 537. The summed E-state index contributed by atoms with van der Waals surface area (Å²) in [4.78, 5) is 4.72. The number of para-hydroxylation sites is 1. The van der Waals surface area contributed by atoms with Crippen LogP contribution in [0.2, 0.25) is 0 Å². The first kappa shape index (κ1) is 17.1. The fraction of sp³-hybridized carbons (Fsp3) is 0.632. The summed E-state index contributed by atoms with van der Waals surface area (Å²) in [6.45, 7) is 5.23. The largest absolute Gasteiger partial charge is 0.490 e. The number of ether oxygens (including phenoxy) is 2. The zero-order valence-electron chi connectivity index (χ0n) is 14.6. The second-order valence-corrected chi connectivity index (χ2v) is 6.49. The third-order valence-electron chi connectivity index (χ3n) is 4.59. The van der Waals surface area contributed by atoms with Crippen molar-refractivity contribution in [1.82, 2.24) is 10.6 Å². The fourth-order valence-electron chi connectivity index (χ4n) is 2.94. The molecule has 1 heterocycles. The molecule has 132 valence electrons. The van der Waals surface area contributed by atoms with Crippen LogP contribution in [0.25, 0.3) is 0 Å². The van der Waals surface area contributed by atoms with E-state index in [1.807, 2.05) is 12.1 Å². The second kappa shape index (κ2) is 8.92. The first-order valence-electron chi connectivity index (χ1n) is 9.23. The maximum absolute atomic E-state index is 6.08. The Morgan fingerprint density at radius 1 is 1.21 bits per heavy atom. The first-order valence-corrected chi connectivity index (χ1v) is 9.23. The van der Waals surface area contributed by atoms with E-state index in [1.54, 1.807) is 0 Å². The predicted octanol–water partition coefficient (Wildman–Crippen LogP) is 2.85.